The maximum Gasteiger partial charge on any atom is 0.251 e. The molecular formula is C16H24N2O. The first-order valence-corrected chi connectivity index (χ1v) is 7.39. The topological polar surface area (TPSA) is 32.3 Å². The molecule has 1 aliphatic heterocycles. The summed E-state index contributed by atoms with van der Waals surface area (Å²) in [6, 6.07) is 8.02. The number of benzene rings is 1. The van der Waals surface area contributed by atoms with Crippen LogP contribution in [0, 0.1) is 0 Å². The zero-order chi connectivity index (χ0) is 13.5. The van der Waals surface area contributed by atoms with Crippen molar-refractivity contribution < 1.29 is 4.79 Å². The fourth-order valence-electron chi connectivity index (χ4n) is 2.58. The van der Waals surface area contributed by atoms with Crippen molar-refractivity contribution in [2.45, 2.75) is 39.2 Å². The first kappa shape index (κ1) is 14.1. The predicted octanol–water partition coefficient (Wildman–Crippen LogP) is 2.81. The molecule has 2 rings (SSSR count). The van der Waals surface area contributed by atoms with Gasteiger partial charge in [0.25, 0.3) is 5.91 Å². The highest BCUT2D eigenvalue weighted by molar-refractivity contribution is 5.94. The van der Waals surface area contributed by atoms with Crippen LogP contribution in [0.25, 0.3) is 0 Å². The second kappa shape index (κ2) is 7.29. The maximum absolute atomic E-state index is 11.7. The van der Waals surface area contributed by atoms with E-state index in [2.05, 4.69) is 22.3 Å². The average Bonchev–Trinajstić information content (AvgIpc) is 2.68. The third kappa shape index (κ3) is 4.35. The van der Waals surface area contributed by atoms with Gasteiger partial charge in [0, 0.05) is 18.7 Å². The number of hydrogen-bond donors (Lipinski definition) is 1. The fourth-order valence-corrected chi connectivity index (χ4v) is 2.58. The Morgan fingerprint density at radius 2 is 1.74 bits per heavy atom. The maximum atomic E-state index is 11.7. The van der Waals surface area contributed by atoms with Crippen LogP contribution < -0.4 is 5.32 Å². The summed E-state index contributed by atoms with van der Waals surface area (Å²) in [5, 5.41) is 2.82. The second-order valence-corrected chi connectivity index (χ2v) is 5.25. The largest absolute Gasteiger partial charge is 0.352 e. The van der Waals surface area contributed by atoms with E-state index in [1.54, 1.807) is 0 Å². The number of hydrogen-bond acceptors (Lipinski definition) is 2. The van der Waals surface area contributed by atoms with E-state index in [0.717, 1.165) is 12.1 Å². The van der Waals surface area contributed by atoms with Crippen LogP contribution in [0.3, 0.4) is 0 Å². The van der Waals surface area contributed by atoms with Gasteiger partial charge in [-0.1, -0.05) is 25.0 Å². The van der Waals surface area contributed by atoms with Crippen molar-refractivity contribution in [1.82, 2.24) is 10.2 Å². The summed E-state index contributed by atoms with van der Waals surface area (Å²) in [6.07, 6.45) is 5.37. The van der Waals surface area contributed by atoms with Gasteiger partial charge < -0.3 is 5.32 Å². The van der Waals surface area contributed by atoms with Crippen LogP contribution in [0.1, 0.15) is 48.5 Å². The molecule has 104 valence electrons. The molecular weight excluding hydrogens is 236 g/mol. The molecule has 0 bridgehead atoms. The monoisotopic (exact) mass is 260 g/mol. The normalized spacial score (nSPS) is 16.9. The number of carbonyl (C=O) groups is 1. The van der Waals surface area contributed by atoms with Crippen LogP contribution in [-0.2, 0) is 6.54 Å². The van der Waals surface area contributed by atoms with Crippen LogP contribution in [0.15, 0.2) is 24.3 Å². The molecule has 1 aromatic rings. The van der Waals surface area contributed by atoms with Gasteiger partial charge >= 0.3 is 0 Å². The van der Waals surface area contributed by atoms with Crippen molar-refractivity contribution in [1.29, 1.82) is 0 Å². The zero-order valence-corrected chi connectivity index (χ0v) is 11.8. The summed E-state index contributed by atoms with van der Waals surface area (Å²) >= 11 is 0. The standard InChI is InChI=1S/C16H24N2O/c1-2-17-16(19)15-9-7-14(8-10-15)13-18-11-5-3-4-6-12-18/h7-10H,2-6,11-13H2,1H3,(H,17,19). The van der Waals surface area contributed by atoms with Crippen molar-refractivity contribution in [3.8, 4) is 0 Å². The highest BCUT2D eigenvalue weighted by Gasteiger charge is 2.10. The summed E-state index contributed by atoms with van der Waals surface area (Å²) in [5.74, 6) is 0.0174. The number of carbonyl (C=O) groups excluding carboxylic acids is 1. The van der Waals surface area contributed by atoms with Gasteiger partial charge in [-0.2, -0.15) is 0 Å². The lowest BCUT2D eigenvalue weighted by Crippen LogP contribution is -2.24. The Morgan fingerprint density at radius 3 is 2.32 bits per heavy atom. The summed E-state index contributed by atoms with van der Waals surface area (Å²) in [7, 11) is 0. The molecule has 0 aliphatic carbocycles. The van der Waals surface area contributed by atoms with Crippen LogP contribution in [-0.4, -0.2) is 30.4 Å². The van der Waals surface area contributed by atoms with Crippen LogP contribution in [0.4, 0.5) is 0 Å². The van der Waals surface area contributed by atoms with Crippen LogP contribution in [0.5, 0.6) is 0 Å². The van der Waals surface area contributed by atoms with Crippen molar-refractivity contribution in [2.24, 2.45) is 0 Å². The Labute approximate surface area is 116 Å². The molecule has 1 fully saturated rings. The first-order valence-electron chi connectivity index (χ1n) is 7.39. The number of nitrogens with zero attached hydrogens (tertiary/aromatic N) is 1. The van der Waals surface area contributed by atoms with Crippen LogP contribution in [0.2, 0.25) is 0 Å². The minimum absolute atomic E-state index is 0.0174. The molecule has 0 radical (unpaired) electrons. The molecule has 0 unspecified atom stereocenters. The lowest BCUT2D eigenvalue weighted by atomic mass is 10.1. The Balaban J connectivity index is 1.92. The quantitative estimate of drug-likeness (QED) is 0.903. The van der Waals surface area contributed by atoms with Crippen molar-refractivity contribution in [2.75, 3.05) is 19.6 Å². The van der Waals surface area contributed by atoms with E-state index < -0.39 is 0 Å². The molecule has 0 saturated carbocycles. The summed E-state index contributed by atoms with van der Waals surface area (Å²) in [5.41, 5.74) is 2.05. The SMILES string of the molecule is CCNC(=O)c1ccc(CN2CCCCCC2)cc1. The Hall–Kier alpha value is -1.35. The third-order valence-electron chi connectivity index (χ3n) is 3.66. The van der Waals surface area contributed by atoms with Gasteiger partial charge in [-0.25, -0.2) is 0 Å². The molecule has 1 aromatic carbocycles. The van der Waals surface area contributed by atoms with E-state index >= 15 is 0 Å². The van der Waals surface area contributed by atoms with Gasteiger partial charge in [0.05, 0.1) is 0 Å². The number of amides is 1. The highest BCUT2D eigenvalue weighted by atomic mass is 16.1. The van der Waals surface area contributed by atoms with E-state index in [4.69, 9.17) is 0 Å². The molecule has 1 amide bonds. The van der Waals surface area contributed by atoms with Gasteiger partial charge in [0.1, 0.15) is 0 Å². The summed E-state index contributed by atoms with van der Waals surface area (Å²) in [6.45, 7) is 6.03. The minimum atomic E-state index is 0.0174. The number of nitrogens with one attached hydrogen (secondary N) is 1. The molecule has 1 saturated heterocycles. The zero-order valence-electron chi connectivity index (χ0n) is 11.8. The molecule has 3 nitrogen and oxygen atoms in total. The molecule has 0 atom stereocenters. The third-order valence-corrected chi connectivity index (χ3v) is 3.66. The fraction of sp³-hybridized carbons (Fsp3) is 0.562. The van der Waals surface area contributed by atoms with E-state index in [-0.39, 0.29) is 5.91 Å². The van der Waals surface area contributed by atoms with E-state index in [9.17, 15) is 4.79 Å². The lowest BCUT2D eigenvalue weighted by Gasteiger charge is -2.19. The van der Waals surface area contributed by atoms with Gasteiger partial charge in [-0.05, 0) is 50.6 Å². The second-order valence-electron chi connectivity index (χ2n) is 5.25. The lowest BCUT2D eigenvalue weighted by molar-refractivity contribution is 0.0956. The Bertz CT molecular complexity index is 392. The highest BCUT2D eigenvalue weighted by Crippen LogP contribution is 2.13. The van der Waals surface area contributed by atoms with Gasteiger partial charge in [-0.3, -0.25) is 9.69 Å². The molecule has 0 aromatic heterocycles. The molecule has 1 heterocycles. The van der Waals surface area contributed by atoms with E-state index in [1.165, 1.54) is 44.3 Å². The van der Waals surface area contributed by atoms with E-state index in [1.807, 2.05) is 19.1 Å². The molecule has 19 heavy (non-hydrogen) atoms. The molecule has 0 spiro atoms. The van der Waals surface area contributed by atoms with Gasteiger partial charge in [0.2, 0.25) is 0 Å². The Morgan fingerprint density at radius 1 is 1.11 bits per heavy atom. The smallest absolute Gasteiger partial charge is 0.251 e. The van der Waals surface area contributed by atoms with Gasteiger partial charge in [0.15, 0.2) is 0 Å². The summed E-state index contributed by atoms with van der Waals surface area (Å²) in [4.78, 5) is 14.2. The molecule has 3 heteroatoms. The van der Waals surface area contributed by atoms with Gasteiger partial charge in [-0.15, -0.1) is 0 Å². The first-order chi connectivity index (χ1) is 9.29. The van der Waals surface area contributed by atoms with Crippen molar-refractivity contribution in [3.63, 3.8) is 0 Å². The number of likely N-dealkylation sites (tertiary alicyclic amines) is 1. The average molecular weight is 260 g/mol. The Kier molecular flexibility index (Phi) is 5.40. The minimum Gasteiger partial charge on any atom is -0.352 e. The number of rotatable bonds is 4. The van der Waals surface area contributed by atoms with E-state index in [0.29, 0.717) is 6.54 Å². The van der Waals surface area contributed by atoms with Crippen molar-refractivity contribution >= 4 is 5.91 Å². The molecule has 1 N–H and O–H groups in total. The summed E-state index contributed by atoms with van der Waals surface area (Å²) < 4.78 is 0. The molecule has 1 aliphatic rings. The van der Waals surface area contributed by atoms with Crippen LogP contribution >= 0.6 is 0 Å². The predicted molar refractivity (Wildman–Crippen MR) is 78.2 cm³/mol. The van der Waals surface area contributed by atoms with Crippen molar-refractivity contribution in [3.05, 3.63) is 35.4 Å².